The predicted octanol–water partition coefficient (Wildman–Crippen LogP) is 2.06. The number of primary sulfonamides is 1. The van der Waals surface area contributed by atoms with Crippen LogP contribution in [-0.4, -0.2) is 8.42 Å². The molecule has 0 atom stereocenters. The van der Waals surface area contributed by atoms with Crippen molar-refractivity contribution < 1.29 is 8.42 Å². The van der Waals surface area contributed by atoms with Crippen LogP contribution in [0.5, 0.6) is 0 Å². The van der Waals surface area contributed by atoms with Gasteiger partial charge in [-0.15, -0.1) is 0 Å². The standard InChI is InChI=1S/C7H7BrClNO2S/c1-4-6(8)2-5(9)3-7(4)13(10,11)12/h2-3H,1H3,(H2,10,11,12). The number of halogens is 2. The average molecular weight is 285 g/mol. The van der Waals surface area contributed by atoms with Gasteiger partial charge in [0.2, 0.25) is 10.0 Å². The fourth-order valence-electron chi connectivity index (χ4n) is 0.918. The van der Waals surface area contributed by atoms with E-state index in [0.29, 0.717) is 15.1 Å². The van der Waals surface area contributed by atoms with E-state index in [1.54, 1.807) is 13.0 Å². The van der Waals surface area contributed by atoms with E-state index in [-0.39, 0.29) is 4.90 Å². The van der Waals surface area contributed by atoms with Gasteiger partial charge in [-0.3, -0.25) is 0 Å². The van der Waals surface area contributed by atoms with Crippen molar-refractivity contribution in [2.24, 2.45) is 5.14 Å². The Labute approximate surface area is 90.1 Å². The van der Waals surface area contributed by atoms with E-state index in [4.69, 9.17) is 16.7 Å². The van der Waals surface area contributed by atoms with Crippen LogP contribution >= 0.6 is 27.5 Å². The van der Waals surface area contributed by atoms with Crippen molar-refractivity contribution in [3.8, 4) is 0 Å². The van der Waals surface area contributed by atoms with E-state index in [2.05, 4.69) is 15.9 Å². The molecule has 0 amide bonds. The summed E-state index contributed by atoms with van der Waals surface area (Å²) >= 11 is 8.86. The molecule has 0 saturated carbocycles. The predicted molar refractivity (Wildman–Crippen MR) is 55.3 cm³/mol. The van der Waals surface area contributed by atoms with E-state index in [9.17, 15) is 8.42 Å². The zero-order valence-electron chi connectivity index (χ0n) is 6.71. The molecule has 72 valence electrons. The van der Waals surface area contributed by atoms with Crippen molar-refractivity contribution in [3.63, 3.8) is 0 Å². The zero-order chi connectivity index (χ0) is 10.2. The second-order valence-corrected chi connectivity index (χ2v) is 5.38. The summed E-state index contributed by atoms with van der Waals surface area (Å²) in [6, 6.07) is 2.95. The Morgan fingerprint density at radius 2 is 2.00 bits per heavy atom. The number of hydrogen-bond donors (Lipinski definition) is 1. The Morgan fingerprint density at radius 1 is 1.46 bits per heavy atom. The van der Waals surface area contributed by atoms with E-state index in [1.807, 2.05) is 0 Å². The van der Waals surface area contributed by atoms with Gasteiger partial charge in [0.15, 0.2) is 0 Å². The van der Waals surface area contributed by atoms with Crippen LogP contribution in [0.25, 0.3) is 0 Å². The molecule has 3 nitrogen and oxygen atoms in total. The maximum Gasteiger partial charge on any atom is 0.238 e. The first-order valence-electron chi connectivity index (χ1n) is 3.31. The number of sulfonamides is 1. The van der Waals surface area contributed by atoms with E-state index in [1.165, 1.54) is 6.07 Å². The van der Waals surface area contributed by atoms with Crippen molar-refractivity contribution in [3.05, 3.63) is 27.2 Å². The molecule has 0 aliphatic carbocycles. The molecule has 2 N–H and O–H groups in total. The smallest absolute Gasteiger partial charge is 0.225 e. The second-order valence-electron chi connectivity index (χ2n) is 2.56. The first-order valence-corrected chi connectivity index (χ1v) is 6.02. The fraction of sp³-hybridized carbons (Fsp3) is 0.143. The Bertz CT molecular complexity index is 444. The molecule has 13 heavy (non-hydrogen) atoms. The summed E-state index contributed by atoms with van der Waals surface area (Å²) in [5.41, 5.74) is 0.562. The molecule has 0 saturated heterocycles. The van der Waals surface area contributed by atoms with Gasteiger partial charge < -0.3 is 0 Å². The molecular weight excluding hydrogens is 278 g/mol. The molecule has 1 rings (SSSR count). The molecule has 6 heteroatoms. The van der Waals surface area contributed by atoms with Crippen LogP contribution in [0.3, 0.4) is 0 Å². The minimum absolute atomic E-state index is 0.0480. The van der Waals surface area contributed by atoms with Crippen LogP contribution in [0.15, 0.2) is 21.5 Å². The lowest BCUT2D eigenvalue weighted by Gasteiger charge is -2.05. The van der Waals surface area contributed by atoms with E-state index < -0.39 is 10.0 Å². The van der Waals surface area contributed by atoms with E-state index in [0.717, 1.165) is 0 Å². The molecule has 0 bridgehead atoms. The SMILES string of the molecule is Cc1c(Br)cc(Cl)cc1S(N)(=O)=O. The van der Waals surface area contributed by atoms with Crippen LogP contribution in [0.4, 0.5) is 0 Å². The Morgan fingerprint density at radius 3 is 2.46 bits per heavy atom. The summed E-state index contributed by atoms with van der Waals surface area (Å²) in [6.45, 7) is 1.65. The second kappa shape index (κ2) is 3.57. The summed E-state index contributed by atoms with van der Waals surface area (Å²) in [5, 5.41) is 5.32. The van der Waals surface area contributed by atoms with Gasteiger partial charge in [-0.2, -0.15) is 0 Å². The Kier molecular flexibility index (Phi) is 3.01. The van der Waals surface area contributed by atoms with Gasteiger partial charge in [0.1, 0.15) is 0 Å². The Hall–Kier alpha value is -0.100. The van der Waals surface area contributed by atoms with Crippen molar-refractivity contribution in [2.45, 2.75) is 11.8 Å². The lowest BCUT2D eigenvalue weighted by molar-refractivity contribution is 0.597. The van der Waals surface area contributed by atoms with Gasteiger partial charge in [0, 0.05) is 9.50 Å². The highest BCUT2D eigenvalue weighted by molar-refractivity contribution is 9.10. The molecule has 0 heterocycles. The number of benzene rings is 1. The van der Waals surface area contributed by atoms with Gasteiger partial charge in [0.05, 0.1) is 4.90 Å². The molecule has 0 aliphatic heterocycles. The largest absolute Gasteiger partial charge is 0.238 e. The molecule has 1 aromatic carbocycles. The number of rotatable bonds is 1. The third-order valence-electron chi connectivity index (χ3n) is 1.57. The maximum absolute atomic E-state index is 11.1. The van der Waals surface area contributed by atoms with Crippen molar-refractivity contribution in [2.75, 3.05) is 0 Å². The summed E-state index contributed by atoms with van der Waals surface area (Å²) in [7, 11) is -3.69. The van der Waals surface area contributed by atoms with Crippen molar-refractivity contribution in [1.29, 1.82) is 0 Å². The molecule has 0 aromatic heterocycles. The third-order valence-corrected chi connectivity index (χ3v) is 3.65. The lowest BCUT2D eigenvalue weighted by atomic mass is 10.2. The van der Waals surface area contributed by atoms with Gasteiger partial charge in [0.25, 0.3) is 0 Å². The minimum Gasteiger partial charge on any atom is -0.225 e. The molecule has 0 unspecified atom stereocenters. The van der Waals surface area contributed by atoms with Crippen LogP contribution in [0, 0.1) is 6.92 Å². The minimum atomic E-state index is -3.69. The molecule has 0 spiro atoms. The van der Waals surface area contributed by atoms with Gasteiger partial charge in [-0.05, 0) is 24.6 Å². The van der Waals surface area contributed by atoms with Crippen molar-refractivity contribution in [1.82, 2.24) is 0 Å². The highest BCUT2D eigenvalue weighted by Gasteiger charge is 2.14. The number of hydrogen-bond acceptors (Lipinski definition) is 2. The summed E-state index contributed by atoms with van der Waals surface area (Å²) < 4.78 is 22.7. The lowest BCUT2D eigenvalue weighted by Crippen LogP contribution is -2.13. The molecule has 0 aliphatic rings. The van der Waals surface area contributed by atoms with Gasteiger partial charge >= 0.3 is 0 Å². The highest BCUT2D eigenvalue weighted by atomic mass is 79.9. The zero-order valence-corrected chi connectivity index (χ0v) is 9.87. The number of nitrogens with two attached hydrogens (primary N) is 1. The maximum atomic E-state index is 11.1. The quantitative estimate of drug-likeness (QED) is 0.858. The normalized spacial score (nSPS) is 11.7. The molecule has 1 aromatic rings. The van der Waals surface area contributed by atoms with Gasteiger partial charge in [-0.1, -0.05) is 27.5 Å². The van der Waals surface area contributed by atoms with Crippen LogP contribution < -0.4 is 5.14 Å². The fourth-order valence-corrected chi connectivity index (χ4v) is 2.75. The highest BCUT2D eigenvalue weighted by Crippen LogP contribution is 2.27. The Balaban J connectivity index is 3.56. The van der Waals surface area contributed by atoms with Gasteiger partial charge in [-0.25, -0.2) is 13.6 Å². The van der Waals surface area contributed by atoms with Crippen LogP contribution in [0.1, 0.15) is 5.56 Å². The molecule has 0 fully saturated rings. The third kappa shape index (κ3) is 2.43. The summed E-state index contributed by atoms with van der Waals surface area (Å²) in [6.07, 6.45) is 0. The van der Waals surface area contributed by atoms with E-state index >= 15 is 0 Å². The van der Waals surface area contributed by atoms with Crippen LogP contribution in [-0.2, 0) is 10.0 Å². The molecular formula is C7H7BrClNO2S. The topological polar surface area (TPSA) is 60.2 Å². The summed E-state index contributed by atoms with van der Waals surface area (Å²) in [5.74, 6) is 0. The summed E-state index contributed by atoms with van der Waals surface area (Å²) in [4.78, 5) is 0.0480. The van der Waals surface area contributed by atoms with Crippen LogP contribution in [0.2, 0.25) is 5.02 Å². The average Bonchev–Trinajstić information content (AvgIpc) is 1.94. The van der Waals surface area contributed by atoms with Crippen molar-refractivity contribution >= 4 is 37.6 Å². The first kappa shape index (κ1) is 11.0. The first-order chi connectivity index (χ1) is 5.82. The molecule has 0 radical (unpaired) electrons. The monoisotopic (exact) mass is 283 g/mol.